The van der Waals surface area contributed by atoms with Crippen LogP contribution in [-0.2, 0) is 19.1 Å². The number of carbonyl (C=O) groups is 3. The second-order valence-electron chi connectivity index (χ2n) is 14.1. The molecule has 2 fully saturated rings. The molecule has 0 saturated heterocycles. The summed E-state index contributed by atoms with van der Waals surface area (Å²) in [5.74, 6) is -0.202. The van der Waals surface area contributed by atoms with E-state index < -0.39 is 23.4 Å². The van der Waals surface area contributed by atoms with Crippen molar-refractivity contribution in [3.8, 4) is 22.2 Å². The molecule has 2 aliphatic rings. The number of aromatic nitrogens is 2. The number of hydrogen-bond acceptors (Lipinski definition) is 9. The van der Waals surface area contributed by atoms with Gasteiger partial charge in [-0.2, -0.15) is 0 Å². The molecule has 0 radical (unpaired) electrons. The number of thiazole rings is 1. The first-order valence-corrected chi connectivity index (χ1v) is 18.6. The van der Waals surface area contributed by atoms with Crippen molar-refractivity contribution in [1.29, 1.82) is 0 Å². The molecule has 0 unspecified atom stereocenters. The van der Waals surface area contributed by atoms with Crippen molar-refractivity contribution in [2.75, 3.05) is 27.3 Å². The van der Waals surface area contributed by atoms with Crippen LogP contribution in [0.4, 0.5) is 0 Å². The van der Waals surface area contributed by atoms with E-state index in [1.165, 1.54) is 0 Å². The highest BCUT2D eigenvalue weighted by Gasteiger charge is 2.61. The van der Waals surface area contributed by atoms with E-state index in [0.29, 0.717) is 37.3 Å². The number of ketones is 1. The average Bonchev–Trinajstić information content (AvgIpc) is 3.39. The molecule has 0 spiro atoms. The van der Waals surface area contributed by atoms with Gasteiger partial charge in [0.1, 0.15) is 34.1 Å². The summed E-state index contributed by atoms with van der Waals surface area (Å²) in [5, 5.41) is 3.67. The van der Waals surface area contributed by atoms with Crippen molar-refractivity contribution in [2.45, 2.75) is 84.7 Å². The van der Waals surface area contributed by atoms with Crippen molar-refractivity contribution < 1.29 is 28.6 Å². The van der Waals surface area contributed by atoms with E-state index in [4.69, 9.17) is 24.2 Å². The summed E-state index contributed by atoms with van der Waals surface area (Å²) < 4.78 is 17.8. The van der Waals surface area contributed by atoms with Crippen LogP contribution in [0.25, 0.3) is 21.6 Å². The number of hydrogen-bond donors (Lipinski definition) is 0. The molecule has 10 heteroatoms. The van der Waals surface area contributed by atoms with E-state index in [1.54, 1.807) is 43.4 Å². The summed E-state index contributed by atoms with van der Waals surface area (Å²) in [6.07, 6.45) is 7.16. The van der Waals surface area contributed by atoms with Crippen molar-refractivity contribution in [3.63, 3.8) is 0 Å². The first-order valence-electron chi connectivity index (χ1n) is 17.8. The zero-order valence-corrected chi connectivity index (χ0v) is 31.1. The maximum atomic E-state index is 14.2. The summed E-state index contributed by atoms with van der Waals surface area (Å²) in [7, 11) is 3.44. The summed E-state index contributed by atoms with van der Waals surface area (Å²) in [6.45, 7) is 16.5. The number of rotatable bonds is 17. The first kappa shape index (κ1) is 37.2. The maximum Gasteiger partial charge on any atom is 0.313 e. The molecular weight excluding hydrogens is 651 g/mol. The van der Waals surface area contributed by atoms with Gasteiger partial charge in [-0.1, -0.05) is 26.0 Å². The molecule has 1 aromatic carbocycles. The number of aryl methyl sites for hydroxylation is 1. The van der Waals surface area contributed by atoms with Gasteiger partial charge in [0.05, 0.1) is 36.3 Å². The Labute approximate surface area is 300 Å². The molecule has 2 aromatic heterocycles. The van der Waals surface area contributed by atoms with Crippen LogP contribution < -0.4 is 9.47 Å². The normalized spacial score (nSPS) is 22.7. The van der Waals surface area contributed by atoms with Crippen molar-refractivity contribution in [3.05, 3.63) is 60.1 Å². The highest BCUT2D eigenvalue weighted by atomic mass is 32.1. The Hall–Kier alpha value is -4.05. The van der Waals surface area contributed by atoms with E-state index in [2.05, 4.69) is 32.4 Å². The van der Waals surface area contributed by atoms with E-state index in [0.717, 1.165) is 52.2 Å². The molecule has 5 atom stereocenters. The SMILES string of the molecule is C=CCCCCN(C)C(=O)[C@@H]1C[C@H](Oc2cc(-c3nc(C(C)C)cs3)nc3c(C)c(OC)ccc23)C[C@H]1C(=O)C[C@]1(C(=O)OCC)C[C@H]1C=C. The predicted molar refractivity (Wildman–Crippen MR) is 198 cm³/mol. The average molecular weight is 702 g/mol. The number of esters is 1. The number of unbranched alkanes of at least 4 members (excludes halogenated alkanes) is 2. The van der Waals surface area contributed by atoms with Gasteiger partial charge in [-0.15, -0.1) is 24.5 Å². The largest absolute Gasteiger partial charge is 0.496 e. The minimum atomic E-state index is -0.909. The lowest BCUT2D eigenvalue weighted by Crippen LogP contribution is -2.38. The number of Topliss-reactive ketones (excluding diaryl/α,β-unsaturated/α-hetero) is 1. The summed E-state index contributed by atoms with van der Waals surface area (Å²) in [6, 6.07) is 5.77. The third-order valence-corrected chi connectivity index (χ3v) is 11.2. The fourth-order valence-corrected chi connectivity index (χ4v) is 8.21. The monoisotopic (exact) mass is 701 g/mol. The van der Waals surface area contributed by atoms with Gasteiger partial charge in [0.2, 0.25) is 5.91 Å². The minimum absolute atomic E-state index is 0.0241. The first-order chi connectivity index (χ1) is 24.0. The number of methoxy groups -OCH3 is 1. The van der Waals surface area contributed by atoms with Gasteiger partial charge in [0.15, 0.2) is 0 Å². The van der Waals surface area contributed by atoms with Gasteiger partial charge >= 0.3 is 5.97 Å². The van der Waals surface area contributed by atoms with E-state index in [9.17, 15) is 14.4 Å². The van der Waals surface area contributed by atoms with Gasteiger partial charge in [0, 0.05) is 48.3 Å². The Morgan fingerprint density at radius 2 is 1.88 bits per heavy atom. The number of pyridine rings is 1. The number of allylic oxidation sites excluding steroid dienone is 2. The molecule has 0 N–H and O–H groups in total. The lowest BCUT2D eigenvalue weighted by molar-refractivity contribution is -0.152. The predicted octanol–water partition coefficient (Wildman–Crippen LogP) is 8.10. The van der Waals surface area contributed by atoms with Gasteiger partial charge in [0.25, 0.3) is 0 Å². The fourth-order valence-electron chi connectivity index (χ4n) is 7.27. The van der Waals surface area contributed by atoms with Gasteiger partial charge in [-0.25, -0.2) is 9.97 Å². The highest BCUT2D eigenvalue weighted by molar-refractivity contribution is 7.13. The second-order valence-corrected chi connectivity index (χ2v) is 14.9. The van der Waals surface area contributed by atoms with Crippen LogP contribution in [-0.4, -0.2) is 65.9 Å². The number of nitrogens with zero attached hydrogens (tertiary/aromatic N) is 3. The molecule has 0 bridgehead atoms. The molecule has 50 heavy (non-hydrogen) atoms. The number of ether oxygens (including phenoxy) is 3. The molecule has 2 aliphatic carbocycles. The molecule has 0 aliphatic heterocycles. The van der Waals surface area contributed by atoms with Crippen LogP contribution in [0.15, 0.2) is 48.9 Å². The number of amides is 1. The zero-order valence-electron chi connectivity index (χ0n) is 30.3. The molecule has 2 heterocycles. The van der Waals surface area contributed by atoms with Crippen LogP contribution in [0.1, 0.15) is 82.9 Å². The Morgan fingerprint density at radius 3 is 2.52 bits per heavy atom. The standard InChI is InChI=1S/C40H51N3O6S/c1-9-12-13-14-17-43(7)38(45)30-19-27(18-29(30)33(44)22-40(21-26(40)10-2)39(46)48-11-3)49-35-20-31(37-42-32(23-50-37)24(4)5)41-36-25(6)34(47-8)16-15-28(35)36/h9-10,15-16,20,23-24,26-27,29-30H,1-2,11-14,17-19,21-22H2,3-8H3/t26-,27-,29-,30-,40-/m1/s1. The van der Waals surface area contributed by atoms with E-state index in [-0.39, 0.29) is 42.5 Å². The summed E-state index contributed by atoms with van der Waals surface area (Å²) >= 11 is 1.54. The molecule has 2 saturated carbocycles. The Bertz CT molecular complexity index is 1750. The highest BCUT2D eigenvalue weighted by Crippen LogP contribution is 2.58. The fraction of sp³-hybridized carbons (Fsp3) is 0.525. The van der Waals surface area contributed by atoms with Crippen molar-refractivity contribution >= 4 is 39.9 Å². The van der Waals surface area contributed by atoms with Crippen molar-refractivity contribution in [2.24, 2.45) is 23.2 Å². The molecule has 9 nitrogen and oxygen atoms in total. The van der Waals surface area contributed by atoms with E-state index in [1.807, 2.05) is 31.2 Å². The molecule has 3 aromatic rings. The molecule has 268 valence electrons. The summed E-state index contributed by atoms with van der Waals surface area (Å²) in [4.78, 5) is 53.0. The van der Waals surface area contributed by atoms with Crippen LogP contribution in [0.3, 0.4) is 0 Å². The molecular formula is C40H51N3O6S. The van der Waals surface area contributed by atoms with Crippen LogP contribution in [0, 0.1) is 30.1 Å². The summed E-state index contributed by atoms with van der Waals surface area (Å²) in [5.41, 5.74) is 2.41. The zero-order chi connectivity index (χ0) is 36.2. The van der Waals surface area contributed by atoms with Crippen LogP contribution >= 0.6 is 11.3 Å². The Morgan fingerprint density at radius 1 is 1.12 bits per heavy atom. The third-order valence-electron chi connectivity index (χ3n) is 10.4. The number of carbonyl (C=O) groups excluding carboxylic acids is 3. The smallest absolute Gasteiger partial charge is 0.313 e. The lowest BCUT2D eigenvalue weighted by Gasteiger charge is -2.25. The number of fused-ring (bicyclic) bond motifs is 1. The molecule has 5 rings (SSSR count). The topological polar surface area (TPSA) is 108 Å². The maximum absolute atomic E-state index is 14.2. The molecule has 1 amide bonds. The lowest BCUT2D eigenvalue weighted by atomic mass is 9.84. The van der Waals surface area contributed by atoms with Crippen LogP contribution in [0.5, 0.6) is 11.5 Å². The number of benzene rings is 1. The quantitative estimate of drug-likeness (QED) is 0.0790. The van der Waals surface area contributed by atoms with Crippen LogP contribution in [0.2, 0.25) is 0 Å². The Kier molecular flexibility index (Phi) is 11.8. The van der Waals surface area contributed by atoms with Crippen molar-refractivity contribution in [1.82, 2.24) is 14.9 Å². The minimum Gasteiger partial charge on any atom is -0.496 e. The van der Waals surface area contributed by atoms with Gasteiger partial charge in [-0.05, 0) is 76.3 Å². The Balaban J connectivity index is 1.47. The van der Waals surface area contributed by atoms with Gasteiger partial charge < -0.3 is 19.1 Å². The second kappa shape index (κ2) is 15.9. The third kappa shape index (κ3) is 7.65. The van der Waals surface area contributed by atoms with Gasteiger partial charge in [-0.3, -0.25) is 14.4 Å². The van der Waals surface area contributed by atoms with E-state index >= 15 is 0 Å².